The van der Waals surface area contributed by atoms with E-state index in [0.717, 1.165) is 11.5 Å². The lowest BCUT2D eigenvalue weighted by Crippen LogP contribution is -2.38. The maximum absolute atomic E-state index is 11.6. The molecule has 1 saturated heterocycles. The molecule has 0 bridgehead atoms. The molecule has 4 nitrogen and oxygen atoms in total. The van der Waals surface area contributed by atoms with E-state index in [1.54, 1.807) is 11.8 Å². The van der Waals surface area contributed by atoms with Gasteiger partial charge in [-0.05, 0) is 6.26 Å². The van der Waals surface area contributed by atoms with Gasteiger partial charge in [-0.15, -0.1) is 0 Å². The van der Waals surface area contributed by atoms with Gasteiger partial charge in [-0.25, -0.2) is 0 Å². The summed E-state index contributed by atoms with van der Waals surface area (Å²) in [6, 6.07) is 0. The summed E-state index contributed by atoms with van der Waals surface area (Å²) in [7, 11) is 0. The second-order valence-electron chi connectivity index (χ2n) is 3.29. The Kier molecular flexibility index (Phi) is 4.79. The summed E-state index contributed by atoms with van der Waals surface area (Å²) in [5, 5.41) is 11.7. The zero-order valence-electron chi connectivity index (χ0n) is 8.40. The van der Waals surface area contributed by atoms with Crippen molar-refractivity contribution in [1.29, 1.82) is 0 Å². The smallest absolute Gasteiger partial charge is 0.223 e. The van der Waals surface area contributed by atoms with Gasteiger partial charge in [0.15, 0.2) is 0 Å². The Morgan fingerprint density at radius 1 is 1.57 bits per heavy atom. The number of nitrogens with zero attached hydrogens (tertiary/aromatic N) is 2. The third-order valence-corrected chi connectivity index (χ3v) is 2.97. The van der Waals surface area contributed by atoms with E-state index in [2.05, 4.69) is 5.16 Å². The van der Waals surface area contributed by atoms with Gasteiger partial charge in [-0.3, -0.25) is 4.79 Å². The maximum Gasteiger partial charge on any atom is 0.223 e. The van der Waals surface area contributed by atoms with Crippen LogP contribution in [-0.4, -0.2) is 46.8 Å². The normalized spacial score (nSPS) is 16.9. The minimum absolute atomic E-state index is 0.219. The first-order valence-corrected chi connectivity index (χ1v) is 6.14. The quantitative estimate of drug-likeness (QED) is 0.569. The predicted molar refractivity (Wildman–Crippen MR) is 58.0 cm³/mol. The van der Waals surface area contributed by atoms with Crippen molar-refractivity contribution in [2.45, 2.75) is 19.3 Å². The number of rotatable bonds is 3. The van der Waals surface area contributed by atoms with Gasteiger partial charge in [0.25, 0.3) is 0 Å². The molecule has 14 heavy (non-hydrogen) atoms. The minimum atomic E-state index is 0.219. The SMILES string of the molecule is CSCCC(=O)N1CCC(=NO)CC1. The van der Waals surface area contributed by atoms with Crippen molar-refractivity contribution in [2.75, 3.05) is 25.1 Å². The van der Waals surface area contributed by atoms with E-state index in [1.165, 1.54) is 0 Å². The van der Waals surface area contributed by atoms with Crippen LogP contribution in [0.4, 0.5) is 0 Å². The molecular formula is C9H16N2O2S. The Morgan fingerprint density at radius 3 is 2.71 bits per heavy atom. The zero-order valence-corrected chi connectivity index (χ0v) is 9.22. The first kappa shape index (κ1) is 11.4. The largest absolute Gasteiger partial charge is 0.411 e. The number of hydrogen-bond donors (Lipinski definition) is 1. The molecule has 0 aromatic carbocycles. The highest BCUT2D eigenvalue weighted by atomic mass is 32.2. The Labute approximate surface area is 88.3 Å². The Balaban J connectivity index is 2.30. The molecule has 1 aliphatic rings. The summed E-state index contributed by atoms with van der Waals surface area (Å²) >= 11 is 1.69. The summed E-state index contributed by atoms with van der Waals surface area (Å²) in [6.45, 7) is 1.40. The molecule has 1 rings (SSSR count). The number of carbonyl (C=O) groups is 1. The maximum atomic E-state index is 11.6. The average molecular weight is 216 g/mol. The van der Waals surface area contributed by atoms with Crippen LogP contribution in [0.5, 0.6) is 0 Å². The molecule has 0 atom stereocenters. The van der Waals surface area contributed by atoms with Gasteiger partial charge in [0.1, 0.15) is 0 Å². The van der Waals surface area contributed by atoms with Crippen LogP contribution < -0.4 is 0 Å². The summed E-state index contributed by atoms with van der Waals surface area (Å²) in [6.07, 6.45) is 4.04. The fourth-order valence-corrected chi connectivity index (χ4v) is 1.84. The fraction of sp³-hybridized carbons (Fsp3) is 0.778. The molecule has 1 amide bonds. The lowest BCUT2D eigenvalue weighted by atomic mass is 10.1. The molecule has 0 saturated carbocycles. The Bertz CT molecular complexity index is 221. The number of amides is 1. The number of thioether (sulfide) groups is 1. The topological polar surface area (TPSA) is 52.9 Å². The van der Waals surface area contributed by atoms with Crippen molar-refractivity contribution in [2.24, 2.45) is 5.16 Å². The van der Waals surface area contributed by atoms with E-state index in [9.17, 15) is 4.79 Å². The van der Waals surface area contributed by atoms with Crippen LogP contribution in [0.3, 0.4) is 0 Å². The van der Waals surface area contributed by atoms with E-state index in [4.69, 9.17) is 5.21 Å². The fourth-order valence-electron chi connectivity index (χ4n) is 1.46. The van der Waals surface area contributed by atoms with Gasteiger partial charge in [0.2, 0.25) is 5.91 Å². The lowest BCUT2D eigenvalue weighted by molar-refractivity contribution is -0.130. The van der Waals surface area contributed by atoms with Crippen LogP contribution in [-0.2, 0) is 4.79 Å². The van der Waals surface area contributed by atoms with Crippen molar-refractivity contribution in [3.63, 3.8) is 0 Å². The van der Waals surface area contributed by atoms with E-state index >= 15 is 0 Å². The molecule has 0 unspecified atom stereocenters. The van der Waals surface area contributed by atoms with Crippen LogP contribution in [0.2, 0.25) is 0 Å². The van der Waals surface area contributed by atoms with E-state index < -0.39 is 0 Å². The van der Waals surface area contributed by atoms with Crippen molar-refractivity contribution in [3.05, 3.63) is 0 Å². The van der Waals surface area contributed by atoms with Crippen molar-refractivity contribution < 1.29 is 10.0 Å². The molecule has 1 N–H and O–H groups in total. The van der Waals surface area contributed by atoms with E-state index in [1.807, 2.05) is 11.2 Å². The van der Waals surface area contributed by atoms with Crippen LogP contribution in [0, 0.1) is 0 Å². The summed E-state index contributed by atoms with van der Waals surface area (Å²) in [5.74, 6) is 1.10. The lowest BCUT2D eigenvalue weighted by Gasteiger charge is -2.27. The van der Waals surface area contributed by atoms with Crippen LogP contribution in [0.15, 0.2) is 5.16 Å². The second kappa shape index (κ2) is 5.90. The molecule has 0 aromatic heterocycles. The average Bonchev–Trinajstić information content (AvgIpc) is 2.26. The predicted octanol–water partition coefficient (Wildman–Crippen LogP) is 1.19. The number of carbonyl (C=O) groups excluding carboxylic acids is 1. The van der Waals surface area contributed by atoms with Gasteiger partial charge >= 0.3 is 0 Å². The van der Waals surface area contributed by atoms with Crippen molar-refractivity contribution >= 4 is 23.4 Å². The summed E-state index contributed by atoms with van der Waals surface area (Å²) < 4.78 is 0. The van der Waals surface area contributed by atoms with Gasteiger partial charge in [0, 0.05) is 38.1 Å². The first-order chi connectivity index (χ1) is 6.77. The molecule has 0 radical (unpaired) electrons. The van der Waals surface area contributed by atoms with Crippen LogP contribution >= 0.6 is 11.8 Å². The van der Waals surface area contributed by atoms with Gasteiger partial charge in [0.05, 0.1) is 5.71 Å². The molecule has 0 aromatic rings. The van der Waals surface area contributed by atoms with Crippen LogP contribution in [0.1, 0.15) is 19.3 Å². The monoisotopic (exact) mass is 216 g/mol. The van der Waals surface area contributed by atoms with Gasteiger partial charge < -0.3 is 10.1 Å². The third-order valence-electron chi connectivity index (χ3n) is 2.35. The highest BCUT2D eigenvalue weighted by Crippen LogP contribution is 2.09. The Hall–Kier alpha value is -0.710. The molecular weight excluding hydrogens is 200 g/mol. The second-order valence-corrected chi connectivity index (χ2v) is 4.28. The standard InChI is InChI=1S/C9H16N2O2S/c1-14-7-4-9(12)11-5-2-8(10-13)3-6-11/h13H,2-7H2,1H3. The third kappa shape index (κ3) is 3.21. The first-order valence-electron chi connectivity index (χ1n) is 4.74. The zero-order chi connectivity index (χ0) is 10.4. The van der Waals surface area contributed by atoms with Gasteiger partial charge in [-0.1, -0.05) is 5.16 Å². The summed E-state index contributed by atoms with van der Waals surface area (Å²) in [5.41, 5.74) is 0.805. The van der Waals surface area contributed by atoms with Gasteiger partial charge in [-0.2, -0.15) is 11.8 Å². The van der Waals surface area contributed by atoms with Crippen molar-refractivity contribution in [1.82, 2.24) is 4.90 Å². The number of piperidine rings is 1. The number of likely N-dealkylation sites (tertiary alicyclic amines) is 1. The van der Waals surface area contributed by atoms with E-state index in [0.29, 0.717) is 32.4 Å². The molecule has 1 heterocycles. The highest BCUT2D eigenvalue weighted by Gasteiger charge is 2.19. The Morgan fingerprint density at radius 2 is 2.21 bits per heavy atom. The number of hydrogen-bond acceptors (Lipinski definition) is 4. The van der Waals surface area contributed by atoms with Crippen LogP contribution in [0.25, 0.3) is 0 Å². The molecule has 0 spiro atoms. The molecule has 5 heteroatoms. The molecule has 80 valence electrons. The number of oxime groups is 1. The molecule has 1 fully saturated rings. The van der Waals surface area contributed by atoms with E-state index in [-0.39, 0.29) is 5.91 Å². The molecule has 1 aliphatic heterocycles. The van der Waals surface area contributed by atoms with Crippen molar-refractivity contribution in [3.8, 4) is 0 Å². The minimum Gasteiger partial charge on any atom is -0.411 e. The summed E-state index contributed by atoms with van der Waals surface area (Å²) in [4.78, 5) is 13.4. The molecule has 0 aliphatic carbocycles. The highest BCUT2D eigenvalue weighted by molar-refractivity contribution is 7.98.